The largest absolute Gasteiger partial charge is 0.388 e. The van der Waals surface area contributed by atoms with Crippen molar-refractivity contribution in [3.63, 3.8) is 0 Å². The van der Waals surface area contributed by atoms with E-state index in [0.29, 0.717) is 21.9 Å². The monoisotopic (exact) mass is 424 g/mol. The number of rotatable bonds is 7. The summed E-state index contributed by atoms with van der Waals surface area (Å²) in [4.78, 5) is 6.99. The predicted molar refractivity (Wildman–Crippen MR) is 122 cm³/mol. The molecular formula is C22H21FN4S2. The first-order valence-electron chi connectivity index (χ1n) is 9.55. The van der Waals surface area contributed by atoms with Crippen molar-refractivity contribution < 1.29 is 4.39 Å². The van der Waals surface area contributed by atoms with Crippen LogP contribution in [0.2, 0.25) is 0 Å². The number of fused-ring (bicyclic) bond motifs is 1. The van der Waals surface area contributed by atoms with Crippen LogP contribution in [0.4, 0.5) is 21.5 Å². The number of unbranched alkanes of at least 4 members (excludes halogenated alkanes) is 1. The fraction of sp³-hybridized carbons (Fsp3) is 0.227. The summed E-state index contributed by atoms with van der Waals surface area (Å²) in [5.74, 6) is -0.334. The maximum Gasteiger partial charge on any atom is 0.135 e. The molecule has 2 aromatic carbocycles. The van der Waals surface area contributed by atoms with Gasteiger partial charge in [0, 0.05) is 29.2 Å². The van der Waals surface area contributed by atoms with E-state index in [1.807, 2.05) is 31.3 Å². The lowest BCUT2D eigenvalue weighted by Crippen LogP contribution is -1.85. The van der Waals surface area contributed by atoms with Crippen LogP contribution in [-0.4, -0.2) is 12.0 Å². The van der Waals surface area contributed by atoms with Crippen molar-refractivity contribution in [1.29, 1.82) is 0 Å². The zero-order valence-electron chi connectivity index (χ0n) is 16.3. The fourth-order valence-corrected chi connectivity index (χ4v) is 5.23. The number of aryl methyl sites for hydroxylation is 1. The Hall–Kier alpha value is -2.64. The highest BCUT2D eigenvalue weighted by molar-refractivity contribution is 7.28. The molecule has 4 nitrogen and oxygen atoms in total. The minimum atomic E-state index is -0.334. The van der Waals surface area contributed by atoms with E-state index in [2.05, 4.69) is 33.5 Å². The summed E-state index contributed by atoms with van der Waals surface area (Å²) in [7, 11) is 1.86. The number of benzene rings is 2. The third kappa shape index (κ3) is 4.52. The summed E-state index contributed by atoms with van der Waals surface area (Å²) < 4.78 is 15.8. The molecule has 0 amide bonds. The fourth-order valence-electron chi connectivity index (χ4n) is 2.92. The van der Waals surface area contributed by atoms with E-state index >= 15 is 0 Å². The predicted octanol–water partition coefficient (Wildman–Crippen LogP) is 7.96. The Morgan fingerprint density at radius 1 is 1.00 bits per heavy atom. The molecule has 148 valence electrons. The number of nitrogens with one attached hydrogen (secondary N) is 1. The number of aromatic nitrogens is 1. The van der Waals surface area contributed by atoms with Crippen LogP contribution < -0.4 is 5.32 Å². The minimum absolute atomic E-state index is 0.334. The molecule has 0 radical (unpaired) electrons. The summed E-state index contributed by atoms with van der Waals surface area (Å²) in [6.07, 6.45) is 3.45. The molecule has 4 aromatic rings. The maximum absolute atomic E-state index is 14.7. The topological polar surface area (TPSA) is 49.6 Å². The molecule has 0 saturated carbocycles. The van der Waals surface area contributed by atoms with Crippen LogP contribution in [-0.2, 0) is 6.42 Å². The van der Waals surface area contributed by atoms with Crippen molar-refractivity contribution in [3.05, 3.63) is 59.2 Å². The molecule has 2 heterocycles. The van der Waals surface area contributed by atoms with Crippen LogP contribution in [0.3, 0.4) is 0 Å². The number of thiazole rings is 1. The Bertz CT molecular complexity index is 1110. The first-order valence-corrected chi connectivity index (χ1v) is 11.2. The van der Waals surface area contributed by atoms with E-state index in [1.165, 1.54) is 35.1 Å². The van der Waals surface area contributed by atoms with Gasteiger partial charge in [-0.05, 0) is 55.3 Å². The van der Waals surface area contributed by atoms with Crippen LogP contribution in [0.5, 0.6) is 0 Å². The zero-order valence-corrected chi connectivity index (χ0v) is 17.9. The maximum atomic E-state index is 14.7. The highest BCUT2D eigenvalue weighted by Gasteiger charge is 2.14. The second-order valence-electron chi connectivity index (χ2n) is 6.67. The number of halogens is 1. The number of nitrogens with zero attached hydrogens (tertiary/aromatic N) is 3. The molecule has 4 rings (SSSR count). The Morgan fingerprint density at radius 3 is 2.45 bits per heavy atom. The van der Waals surface area contributed by atoms with E-state index < -0.39 is 0 Å². The quantitative estimate of drug-likeness (QED) is 0.306. The van der Waals surface area contributed by atoms with Crippen LogP contribution in [0.25, 0.3) is 20.1 Å². The molecule has 0 unspecified atom stereocenters. The molecule has 29 heavy (non-hydrogen) atoms. The van der Waals surface area contributed by atoms with E-state index in [4.69, 9.17) is 0 Å². The lowest BCUT2D eigenvalue weighted by Gasteiger charge is -2.01. The molecule has 0 aliphatic heterocycles. The Kier molecular flexibility index (Phi) is 5.97. The van der Waals surface area contributed by atoms with E-state index in [0.717, 1.165) is 21.6 Å². The van der Waals surface area contributed by atoms with Gasteiger partial charge in [0.15, 0.2) is 0 Å². The Labute approximate surface area is 177 Å². The van der Waals surface area contributed by atoms with Gasteiger partial charge in [0.05, 0.1) is 16.1 Å². The van der Waals surface area contributed by atoms with Crippen molar-refractivity contribution >= 4 is 49.3 Å². The van der Waals surface area contributed by atoms with Crippen LogP contribution in [0.1, 0.15) is 24.6 Å². The van der Waals surface area contributed by atoms with Gasteiger partial charge in [-0.2, -0.15) is 10.2 Å². The van der Waals surface area contributed by atoms with E-state index in [9.17, 15) is 4.39 Å². The molecule has 7 heteroatoms. The molecule has 2 aromatic heterocycles. The lowest BCUT2D eigenvalue weighted by molar-refractivity contribution is 0.631. The number of hydrogen-bond donors (Lipinski definition) is 1. The van der Waals surface area contributed by atoms with E-state index in [-0.39, 0.29) is 5.82 Å². The molecule has 0 atom stereocenters. The standard InChI is InChI=1S/C22H21FN4S2/c1-3-4-5-17-13-20-22(28-17)25-21(29-20)18-11-10-16(12-19(18)23)27-26-15-8-6-14(24-2)7-9-15/h6-13,24H,3-5H2,1-2H3. The summed E-state index contributed by atoms with van der Waals surface area (Å²) in [6.45, 7) is 2.19. The van der Waals surface area contributed by atoms with Crippen molar-refractivity contribution in [2.75, 3.05) is 12.4 Å². The Balaban J connectivity index is 1.52. The van der Waals surface area contributed by atoms with Gasteiger partial charge in [-0.15, -0.1) is 22.7 Å². The van der Waals surface area contributed by atoms with Gasteiger partial charge in [-0.1, -0.05) is 13.3 Å². The van der Waals surface area contributed by atoms with Gasteiger partial charge in [0.2, 0.25) is 0 Å². The smallest absolute Gasteiger partial charge is 0.135 e. The minimum Gasteiger partial charge on any atom is -0.388 e. The van der Waals surface area contributed by atoms with Crippen LogP contribution >= 0.6 is 22.7 Å². The average molecular weight is 425 g/mol. The van der Waals surface area contributed by atoms with Crippen molar-refractivity contribution in [2.45, 2.75) is 26.2 Å². The Morgan fingerprint density at radius 2 is 1.76 bits per heavy atom. The number of hydrogen-bond acceptors (Lipinski definition) is 6. The van der Waals surface area contributed by atoms with Gasteiger partial charge in [0.25, 0.3) is 0 Å². The zero-order chi connectivity index (χ0) is 20.2. The van der Waals surface area contributed by atoms with Gasteiger partial charge in [-0.25, -0.2) is 9.37 Å². The highest BCUT2D eigenvalue weighted by Crippen LogP contribution is 2.37. The first kappa shape index (κ1) is 19.7. The van der Waals surface area contributed by atoms with Gasteiger partial charge in [-0.3, -0.25) is 0 Å². The molecule has 0 aliphatic carbocycles. The lowest BCUT2D eigenvalue weighted by atomic mass is 10.2. The molecular weight excluding hydrogens is 403 g/mol. The summed E-state index contributed by atoms with van der Waals surface area (Å²) >= 11 is 3.25. The van der Waals surface area contributed by atoms with Gasteiger partial charge >= 0.3 is 0 Å². The molecule has 0 aliphatic rings. The number of thiophene rings is 1. The van der Waals surface area contributed by atoms with Crippen LogP contribution in [0.15, 0.2) is 58.8 Å². The van der Waals surface area contributed by atoms with Gasteiger partial charge < -0.3 is 5.32 Å². The molecule has 1 N–H and O–H groups in total. The molecule has 0 bridgehead atoms. The molecule has 0 spiro atoms. The molecule has 0 saturated heterocycles. The third-order valence-corrected chi connectivity index (χ3v) is 6.79. The van der Waals surface area contributed by atoms with E-state index in [1.54, 1.807) is 23.5 Å². The molecule has 0 fully saturated rings. The number of azo groups is 1. The number of anilines is 1. The second kappa shape index (κ2) is 8.80. The third-order valence-electron chi connectivity index (χ3n) is 4.54. The van der Waals surface area contributed by atoms with Crippen LogP contribution in [0, 0.1) is 5.82 Å². The van der Waals surface area contributed by atoms with Crippen molar-refractivity contribution in [1.82, 2.24) is 4.98 Å². The van der Waals surface area contributed by atoms with Gasteiger partial charge in [0.1, 0.15) is 15.7 Å². The normalized spacial score (nSPS) is 11.6. The average Bonchev–Trinajstić information content (AvgIpc) is 3.30. The second-order valence-corrected chi connectivity index (χ2v) is 8.81. The highest BCUT2D eigenvalue weighted by atomic mass is 32.1. The summed E-state index contributed by atoms with van der Waals surface area (Å²) in [6, 6.07) is 14.6. The van der Waals surface area contributed by atoms with Crippen molar-refractivity contribution in [2.24, 2.45) is 10.2 Å². The SMILES string of the molecule is CCCCc1cc2sc(-c3ccc(N=Nc4ccc(NC)cc4)cc3F)nc2s1. The summed E-state index contributed by atoms with van der Waals surface area (Å²) in [5.41, 5.74) is 2.70. The first-order chi connectivity index (χ1) is 14.2. The summed E-state index contributed by atoms with van der Waals surface area (Å²) in [5, 5.41) is 12.1. The van der Waals surface area contributed by atoms with Crippen molar-refractivity contribution in [3.8, 4) is 10.6 Å².